The number of ether oxygens (including phenoxy) is 1. The maximum absolute atomic E-state index is 9.17. The SMILES string of the molecule is CN(CCO)c1ccc(C=CC2=C(C#N)COC2(C)C)cc1. The van der Waals surface area contributed by atoms with Gasteiger partial charge >= 0.3 is 0 Å². The van der Waals surface area contributed by atoms with Crippen LogP contribution < -0.4 is 4.90 Å². The first-order valence-corrected chi connectivity index (χ1v) is 7.36. The van der Waals surface area contributed by atoms with Gasteiger partial charge in [0.15, 0.2) is 0 Å². The third-order valence-electron chi connectivity index (χ3n) is 3.90. The van der Waals surface area contributed by atoms with E-state index in [1.54, 1.807) is 0 Å². The van der Waals surface area contributed by atoms with Gasteiger partial charge in [-0.1, -0.05) is 24.3 Å². The highest BCUT2D eigenvalue weighted by Crippen LogP contribution is 2.32. The number of aliphatic hydroxyl groups is 1. The standard InChI is InChI=1S/C18H22N2O2/c1-18(2)17(15(12-19)13-22-18)9-6-14-4-7-16(8-5-14)20(3)10-11-21/h4-9,21H,10-11,13H2,1-3H3. The fraction of sp³-hybridized carbons (Fsp3) is 0.389. The van der Waals surface area contributed by atoms with Crippen molar-refractivity contribution in [1.82, 2.24) is 0 Å². The maximum atomic E-state index is 9.17. The largest absolute Gasteiger partial charge is 0.395 e. The van der Waals surface area contributed by atoms with Crippen LogP contribution in [-0.4, -0.2) is 37.5 Å². The average molecular weight is 298 g/mol. The fourth-order valence-corrected chi connectivity index (χ4v) is 2.46. The summed E-state index contributed by atoms with van der Waals surface area (Å²) in [6, 6.07) is 10.3. The number of likely N-dealkylation sites (N-methyl/N-ethyl adjacent to an activating group) is 1. The molecule has 1 aliphatic rings. The molecule has 0 aliphatic carbocycles. The Hall–Kier alpha value is -2.09. The predicted molar refractivity (Wildman–Crippen MR) is 88.5 cm³/mol. The molecule has 0 saturated carbocycles. The Balaban J connectivity index is 2.16. The molecule has 1 aliphatic heterocycles. The van der Waals surface area contributed by atoms with Crippen LogP contribution in [0.1, 0.15) is 19.4 Å². The van der Waals surface area contributed by atoms with Crippen molar-refractivity contribution >= 4 is 11.8 Å². The van der Waals surface area contributed by atoms with Crippen LogP contribution in [0.4, 0.5) is 5.69 Å². The fourth-order valence-electron chi connectivity index (χ4n) is 2.46. The van der Waals surface area contributed by atoms with Crippen LogP contribution in [0.2, 0.25) is 0 Å². The zero-order chi connectivity index (χ0) is 16.2. The van der Waals surface area contributed by atoms with E-state index in [2.05, 4.69) is 6.07 Å². The molecule has 0 amide bonds. The van der Waals surface area contributed by atoms with Crippen molar-refractivity contribution in [2.24, 2.45) is 0 Å². The minimum absolute atomic E-state index is 0.137. The van der Waals surface area contributed by atoms with Gasteiger partial charge in [0.2, 0.25) is 0 Å². The monoisotopic (exact) mass is 298 g/mol. The Morgan fingerprint density at radius 1 is 1.32 bits per heavy atom. The number of hydrogen-bond donors (Lipinski definition) is 1. The molecule has 0 aromatic heterocycles. The van der Waals surface area contributed by atoms with Gasteiger partial charge in [-0.3, -0.25) is 0 Å². The zero-order valence-electron chi connectivity index (χ0n) is 13.3. The van der Waals surface area contributed by atoms with Crippen LogP contribution in [0.3, 0.4) is 0 Å². The van der Waals surface area contributed by atoms with Crippen LogP contribution >= 0.6 is 0 Å². The molecule has 116 valence electrons. The molecule has 1 aromatic rings. The lowest BCUT2D eigenvalue weighted by atomic mass is 9.95. The molecule has 0 radical (unpaired) electrons. The Labute approximate surface area is 131 Å². The summed E-state index contributed by atoms with van der Waals surface area (Å²) in [6.07, 6.45) is 3.97. The molecule has 4 nitrogen and oxygen atoms in total. The van der Waals surface area contributed by atoms with Gasteiger partial charge in [-0.2, -0.15) is 5.26 Å². The van der Waals surface area contributed by atoms with Crippen LogP contribution in [0.15, 0.2) is 41.5 Å². The molecule has 0 spiro atoms. The highest BCUT2D eigenvalue weighted by Gasteiger charge is 2.31. The van der Waals surface area contributed by atoms with Crippen molar-refractivity contribution in [3.8, 4) is 6.07 Å². The number of hydrogen-bond acceptors (Lipinski definition) is 4. The first kappa shape index (κ1) is 16.3. The van der Waals surface area contributed by atoms with Crippen LogP contribution in [0, 0.1) is 11.3 Å². The summed E-state index contributed by atoms with van der Waals surface area (Å²) in [5, 5.41) is 18.1. The van der Waals surface area contributed by atoms with Gasteiger partial charge in [0.05, 0.1) is 30.5 Å². The minimum atomic E-state index is -0.414. The smallest absolute Gasteiger partial charge is 0.0975 e. The molecule has 1 N–H and O–H groups in total. The Bertz CT molecular complexity index is 621. The molecular weight excluding hydrogens is 276 g/mol. The molecule has 0 atom stereocenters. The highest BCUT2D eigenvalue weighted by molar-refractivity contribution is 5.60. The molecule has 2 rings (SSSR count). The van der Waals surface area contributed by atoms with E-state index in [1.807, 2.05) is 62.2 Å². The van der Waals surface area contributed by atoms with E-state index in [-0.39, 0.29) is 6.61 Å². The molecular formula is C18H22N2O2. The lowest BCUT2D eigenvalue weighted by Gasteiger charge is -2.19. The quantitative estimate of drug-likeness (QED) is 0.908. The average Bonchev–Trinajstić information content (AvgIpc) is 2.80. The summed E-state index contributed by atoms with van der Waals surface area (Å²) in [5.74, 6) is 0. The lowest BCUT2D eigenvalue weighted by molar-refractivity contribution is 0.0512. The highest BCUT2D eigenvalue weighted by atomic mass is 16.5. The number of rotatable bonds is 5. The second-order valence-electron chi connectivity index (χ2n) is 5.87. The van der Waals surface area contributed by atoms with Gasteiger partial charge < -0.3 is 14.7 Å². The molecule has 0 saturated heterocycles. The second kappa shape index (κ2) is 6.78. The Morgan fingerprint density at radius 2 is 2.00 bits per heavy atom. The van der Waals surface area contributed by atoms with Crippen LogP contribution in [0.25, 0.3) is 6.08 Å². The summed E-state index contributed by atoms with van der Waals surface area (Å²) in [6.45, 7) is 5.08. The first-order chi connectivity index (χ1) is 10.5. The van der Waals surface area contributed by atoms with Gasteiger partial charge in [-0.25, -0.2) is 0 Å². The number of aliphatic hydroxyl groups excluding tert-OH is 1. The molecule has 4 heteroatoms. The van der Waals surface area contributed by atoms with E-state index in [4.69, 9.17) is 15.1 Å². The molecule has 1 aromatic carbocycles. The predicted octanol–water partition coefficient (Wildman–Crippen LogP) is 2.76. The van der Waals surface area contributed by atoms with E-state index in [0.717, 1.165) is 16.8 Å². The van der Waals surface area contributed by atoms with E-state index in [9.17, 15) is 0 Å². The third-order valence-corrected chi connectivity index (χ3v) is 3.90. The lowest BCUT2D eigenvalue weighted by Crippen LogP contribution is -2.21. The number of anilines is 1. The van der Waals surface area contributed by atoms with Gasteiger partial charge in [0, 0.05) is 19.3 Å². The van der Waals surface area contributed by atoms with E-state index >= 15 is 0 Å². The molecule has 1 heterocycles. The summed E-state index contributed by atoms with van der Waals surface area (Å²) in [5.41, 5.74) is 3.35. The van der Waals surface area contributed by atoms with Gasteiger partial charge in [0.25, 0.3) is 0 Å². The normalized spacial score (nSPS) is 17.0. The van der Waals surface area contributed by atoms with Crippen molar-refractivity contribution in [1.29, 1.82) is 5.26 Å². The summed E-state index contributed by atoms with van der Waals surface area (Å²) < 4.78 is 5.64. The van der Waals surface area contributed by atoms with E-state index in [0.29, 0.717) is 18.7 Å². The first-order valence-electron chi connectivity index (χ1n) is 7.36. The number of nitriles is 1. The van der Waals surface area contributed by atoms with Crippen molar-refractivity contribution in [2.45, 2.75) is 19.4 Å². The topological polar surface area (TPSA) is 56.5 Å². The van der Waals surface area contributed by atoms with Crippen LogP contribution in [-0.2, 0) is 4.74 Å². The second-order valence-corrected chi connectivity index (χ2v) is 5.87. The minimum Gasteiger partial charge on any atom is -0.395 e. The van der Waals surface area contributed by atoms with Gasteiger partial charge in [0.1, 0.15) is 0 Å². The van der Waals surface area contributed by atoms with E-state index in [1.165, 1.54) is 0 Å². The van der Waals surface area contributed by atoms with Gasteiger partial charge in [-0.05, 0) is 37.1 Å². The summed E-state index contributed by atoms with van der Waals surface area (Å²) in [7, 11) is 1.95. The summed E-state index contributed by atoms with van der Waals surface area (Å²) in [4.78, 5) is 2.00. The van der Waals surface area contributed by atoms with Crippen molar-refractivity contribution < 1.29 is 9.84 Å². The summed E-state index contributed by atoms with van der Waals surface area (Å²) >= 11 is 0. The molecule has 0 bridgehead atoms. The van der Waals surface area contributed by atoms with Gasteiger partial charge in [-0.15, -0.1) is 0 Å². The maximum Gasteiger partial charge on any atom is 0.0975 e. The number of benzene rings is 1. The van der Waals surface area contributed by atoms with Crippen molar-refractivity contribution in [3.63, 3.8) is 0 Å². The molecule has 0 fully saturated rings. The number of nitrogens with zero attached hydrogens (tertiary/aromatic N) is 2. The molecule has 0 unspecified atom stereocenters. The van der Waals surface area contributed by atoms with E-state index < -0.39 is 5.60 Å². The van der Waals surface area contributed by atoms with Crippen molar-refractivity contribution in [2.75, 3.05) is 31.7 Å². The van der Waals surface area contributed by atoms with Crippen LogP contribution in [0.5, 0.6) is 0 Å². The zero-order valence-corrected chi connectivity index (χ0v) is 13.3. The Kier molecular flexibility index (Phi) is 5.02. The molecule has 22 heavy (non-hydrogen) atoms. The Morgan fingerprint density at radius 3 is 2.59 bits per heavy atom. The third kappa shape index (κ3) is 3.56. The van der Waals surface area contributed by atoms with Crippen molar-refractivity contribution in [3.05, 3.63) is 47.1 Å².